The van der Waals surface area contributed by atoms with Crippen LogP contribution < -0.4 is 9.47 Å². The second-order valence-corrected chi connectivity index (χ2v) is 2.78. The highest BCUT2D eigenvalue weighted by molar-refractivity contribution is 5.76. The molecule has 0 unspecified atom stereocenters. The fourth-order valence-corrected chi connectivity index (χ4v) is 1.09. The number of carbonyl (C=O) groups excluding carboxylic acids is 1. The van der Waals surface area contributed by atoms with Crippen LogP contribution in [0.3, 0.4) is 0 Å². The van der Waals surface area contributed by atoms with Crippen LogP contribution in [0.1, 0.15) is 16.8 Å². The van der Waals surface area contributed by atoms with Crippen LogP contribution in [0.4, 0.5) is 0 Å². The number of rotatable bonds is 5. The molecule has 0 fully saturated rings. The quantitative estimate of drug-likeness (QED) is 0.543. The monoisotopic (exact) mass is 205 g/mol. The lowest BCUT2D eigenvalue weighted by atomic mass is 10.2. The third-order valence-electron chi connectivity index (χ3n) is 1.80. The van der Waals surface area contributed by atoms with E-state index in [9.17, 15) is 4.79 Å². The van der Waals surface area contributed by atoms with Gasteiger partial charge in [-0.3, -0.25) is 4.79 Å². The Kier molecular flexibility index (Phi) is 4.17. The third kappa shape index (κ3) is 2.99. The number of nitriles is 1. The number of methoxy groups -OCH3 is 1. The van der Waals surface area contributed by atoms with Crippen molar-refractivity contribution in [2.75, 3.05) is 13.7 Å². The molecule has 1 rings (SSSR count). The Labute approximate surface area is 88.0 Å². The zero-order valence-corrected chi connectivity index (χ0v) is 8.40. The molecule has 0 heterocycles. The topological polar surface area (TPSA) is 59.3 Å². The van der Waals surface area contributed by atoms with E-state index in [2.05, 4.69) is 0 Å². The van der Waals surface area contributed by atoms with Crippen molar-refractivity contribution in [1.29, 1.82) is 5.26 Å². The van der Waals surface area contributed by atoms with Gasteiger partial charge in [0.1, 0.15) is 12.9 Å². The minimum atomic E-state index is 0.287. The predicted octanol–water partition coefficient (Wildman–Crippen LogP) is 1.80. The van der Waals surface area contributed by atoms with Crippen LogP contribution >= 0.6 is 0 Å². The van der Waals surface area contributed by atoms with E-state index in [0.29, 0.717) is 23.5 Å². The van der Waals surface area contributed by atoms with E-state index < -0.39 is 0 Å². The van der Waals surface area contributed by atoms with Crippen molar-refractivity contribution in [3.8, 4) is 17.6 Å². The first-order valence-electron chi connectivity index (χ1n) is 4.44. The van der Waals surface area contributed by atoms with Gasteiger partial charge in [0, 0.05) is 5.56 Å². The normalized spacial score (nSPS) is 9.07. The van der Waals surface area contributed by atoms with E-state index in [1.54, 1.807) is 18.2 Å². The van der Waals surface area contributed by atoms with Crippen molar-refractivity contribution in [1.82, 2.24) is 0 Å². The summed E-state index contributed by atoms with van der Waals surface area (Å²) < 4.78 is 10.4. The van der Waals surface area contributed by atoms with Gasteiger partial charge in [-0.2, -0.15) is 5.26 Å². The van der Waals surface area contributed by atoms with E-state index in [4.69, 9.17) is 14.7 Å². The second kappa shape index (κ2) is 5.66. The molecule has 4 nitrogen and oxygen atoms in total. The van der Waals surface area contributed by atoms with Crippen LogP contribution in [0, 0.1) is 11.3 Å². The van der Waals surface area contributed by atoms with Crippen LogP contribution in [0.5, 0.6) is 11.5 Å². The summed E-state index contributed by atoms with van der Waals surface area (Å²) in [6, 6.07) is 6.86. The summed E-state index contributed by atoms with van der Waals surface area (Å²) in [5.74, 6) is 1.04. The number of nitrogens with zero attached hydrogens (tertiary/aromatic N) is 1. The molecule has 78 valence electrons. The number of hydrogen-bond donors (Lipinski definition) is 0. The zero-order chi connectivity index (χ0) is 11.1. The zero-order valence-electron chi connectivity index (χ0n) is 8.40. The summed E-state index contributed by atoms with van der Waals surface area (Å²) in [5, 5.41) is 8.35. The molecule has 0 aromatic heterocycles. The lowest BCUT2D eigenvalue weighted by Gasteiger charge is -2.09. The lowest BCUT2D eigenvalue weighted by molar-refractivity contribution is 0.112. The number of aldehydes is 1. The van der Waals surface area contributed by atoms with E-state index in [-0.39, 0.29) is 6.61 Å². The van der Waals surface area contributed by atoms with Crippen LogP contribution in [-0.2, 0) is 0 Å². The van der Waals surface area contributed by atoms with Gasteiger partial charge in [-0.25, -0.2) is 0 Å². The Morgan fingerprint density at radius 1 is 1.47 bits per heavy atom. The molecule has 0 aliphatic rings. The maximum atomic E-state index is 10.5. The van der Waals surface area contributed by atoms with Crippen LogP contribution in [0.15, 0.2) is 18.2 Å². The molecule has 1 aromatic carbocycles. The number of ether oxygens (including phenoxy) is 2. The van der Waals surface area contributed by atoms with Crippen molar-refractivity contribution < 1.29 is 14.3 Å². The molecule has 0 radical (unpaired) electrons. The summed E-state index contributed by atoms with van der Waals surface area (Å²) in [6.45, 7) is 0.287. The van der Waals surface area contributed by atoms with Crippen LogP contribution in [0.2, 0.25) is 0 Å². The first-order valence-corrected chi connectivity index (χ1v) is 4.44. The maximum absolute atomic E-state index is 10.5. The van der Waals surface area contributed by atoms with Crippen molar-refractivity contribution in [2.24, 2.45) is 0 Å². The van der Waals surface area contributed by atoms with E-state index in [1.807, 2.05) is 6.07 Å². The van der Waals surface area contributed by atoms with Gasteiger partial charge in [-0.1, -0.05) is 0 Å². The SMILES string of the molecule is COc1ccc(C=O)cc1OCCC#N. The fraction of sp³-hybridized carbons (Fsp3) is 0.273. The molecule has 4 heteroatoms. The van der Waals surface area contributed by atoms with Gasteiger partial charge >= 0.3 is 0 Å². The highest BCUT2D eigenvalue weighted by Crippen LogP contribution is 2.27. The van der Waals surface area contributed by atoms with Crippen LogP contribution in [-0.4, -0.2) is 20.0 Å². The summed E-state index contributed by atoms with van der Waals surface area (Å²) in [7, 11) is 1.52. The van der Waals surface area contributed by atoms with E-state index in [1.165, 1.54) is 7.11 Å². The first kappa shape index (κ1) is 11.1. The number of benzene rings is 1. The second-order valence-electron chi connectivity index (χ2n) is 2.78. The largest absolute Gasteiger partial charge is 0.493 e. The molecule has 0 amide bonds. The highest BCUT2D eigenvalue weighted by Gasteiger charge is 2.04. The summed E-state index contributed by atoms with van der Waals surface area (Å²) in [6.07, 6.45) is 1.03. The molecule has 0 bridgehead atoms. The first-order chi connectivity index (χ1) is 7.31. The molecule has 0 saturated heterocycles. The molecule has 0 saturated carbocycles. The molecule has 15 heavy (non-hydrogen) atoms. The van der Waals surface area contributed by atoms with E-state index >= 15 is 0 Å². The van der Waals surface area contributed by atoms with Gasteiger partial charge in [-0.05, 0) is 18.2 Å². The minimum absolute atomic E-state index is 0.287. The van der Waals surface area contributed by atoms with Gasteiger partial charge in [0.25, 0.3) is 0 Å². The Morgan fingerprint density at radius 3 is 2.87 bits per heavy atom. The van der Waals surface area contributed by atoms with Crippen molar-refractivity contribution in [3.63, 3.8) is 0 Å². The Bertz CT molecular complexity index is 382. The van der Waals surface area contributed by atoms with Gasteiger partial charge in [0.15, 0.2) is 11.5 Å². The summed E-state index contributed by atoms with van der Waals surface area (Å²) in [5.41, 5.74) is 0.516. The predicted molar refractivity (Wildman–Crippen MR) is 54.1 cm³/mol. The van der Waals surface area contributed by atoms with Gasteiger partial charge < -0.3 is 9.47 Å². The van der Waals surface area contributed by atoms with Gasteiger partial charge in [-0.15, -0.1) is 0 Å². The average molecular weight is 205 g/mol. The average Bonchev–Trinajstić information content (AvgIpc) is 2.29. The Morgan fingerprint density at radius 2 is 2.27 bits per heavy atom. The molecule has 1 aromatic rings. The minimum Gasteiger partial charge on any atom is -0.493 e. The Hall–Kier alpha value is -2.02. The molecule has 0 spiro atoms. The summed E-state index contributed by atoms with van der Waals surface area (Å²) in [4.78, 5) is 10.5. The molecule has 0 N–H and O–H groups in total. The van der Waals surface area contributed by atoms with Crippen molar-refractivity contribution >= 4 is 6.29 Å². The highest BCUT2D eigenvalue weighted by atomic mass is 16.5. The van der Waals surface area contributed by atoms with E-state index in [0.717, 1.165) is 6.29 Å². The summed E-state index contributed by atoms with van der Waals surface area (Å²) >= 11 is 0. The lowest BCUT2D eigenvalue weighted by Crippen LogP contribution is -1.99. The standard InChI is InChI=1S/C11H11NO3/c1-14-10-4-3-9(8-13)7-11(10)15-6-2-5-12/h3-4,7-8H,2,6H2,1H3. The van der Waals surface area contributed by atoms with Crippen molar-refractivity contribution in [3.05, 3.63) is 23.8 Å². The Balaban J connectivity index is 2.82. The smallest absolute Gasteiger partial charge is 0.161 e. The molecule has 0 aliphatic carbocycles. The molecule has 0 aliphatic heterocycles. The molecular formula is C11H11NO3. The fourth-order valence-electron chi connectivity index (χ4n) is 1.09. The molecular weight excluding hydrogens is 194 g/mol. The maximum Gasteiger partial charge on any atom is 0.161 e. The molecule has 0 atom stereocenters. The number of hydrogen-bond acceptors (Lipinski definition) is 4. The van der Waals surface area contributed by atoms with Crippen molar-refractivity contribution in [2.45, 2.75) is 6.42 Å². The number of carbonyl (C=O) groups is 1. The van der Waals surface area contributed by atoms with Gasteiger partial charge in [0.05, 0.1) is 19.6 Å². The van der Waals surface area contributed by atoms with Gasteiger partial charge in [0.2, 0.25) is 0 Å². The third-order valence-corrected chi connectivity index (χ3v) is 1.80. The van der Waals surface area contributed by atoms with Crippen LogP contribution in [0.25, 0.3) is 0 Å².